The Bertz CT molecular complexity index is 745. The largest absolute Gasteiger partial charge is 0.480 e. The quantitative estimate of drug-likeness (QED) is 0.285. The summed E-state index contributed by atoms with van der Waals surface area (Å²) in [6.45, 7) is 2.93. The van der Waals surface area contributed by atoms with Crippen molar-refractivity contribution >= 4 is 35.5 Å². The molecule has 9 nitrogen and oxygen atoms in total. The number of carbonyl (C=O) groups is 4. The highest BCUT2D eigenvalue weighted by Gasteiger charge is 2.26. The third-order valence-electron chi connectivity index (χ3n) is 4.56. The Hall–Kier alpha value is -2.59. The standard InChI is InChI=1S/C21H32N4O5S/c1-13(2)18(21(29)30)25-17(26)12-23-20(28)16(11-14-7-5-4-6-8-14)24-19(27)15(22)9-10-31-3/h4-8,13,15-16,18H,9-12,22H2,1-3H3,(H,23,28)(H,24,27)(H,25,26)(H,29,30). The van der Waals surface area contributed by atoms with Crippen LogP contribution in [0.15, 0.2) is 30.3 Å². The number of rotatable bonds is 13. The molecule has 1 rings (SSSR count). The van der Waals surface area contributed by atoms with Gasteiger partial charge in [-0.3, -0.25) is 14.4 Å². The van der Waals surface area contributed by atoms with Crippen molar-refractivity contribution in [2.24, 2.45) is 11.7 Å². The minimum atomic E-state index is -1.15. The van der Waals surface area contributed by atoms with Crippen LogP contribution in [0.5, 0.6) is 0 Å². The van der Waals surface area contributed by atoms with Crippen molar-refractivity contribution in [3.8, 4) is 0 Å². The van der Waals surface area contributed by atoms with E-state index in [2.05, 4.69) is 16.0 Å². The molecular formula is C21H32N4O5S. The first-order valence-electron chi connectivity index (χ1n) is 10.0. The van der Waals surface area contributed by atoms with E-state index in [4.69, 9.17) is 5.73 Å². The van der Waals surface area contributed by atoms with E-state index in [9.17, 15) is 24.3 Å². The number of nitrogens with two attached hydrogens (primary N) is 1. The van der Waals surface area contributed by atoms with E-state index in [-0.39, 0.29) is 12.3 Å². The minimum Gasteiger partial charge on any atom is -0.480 e. The van der Waals surface area contributed by atoms with E-state index >= 15 is 0 Å². The SMILES string of the molecule is CSCCC(N)C(=O)NC(Cc1ccccc1)C(=O)NCC(=O)NC(C(=O)O)C(C)C. The van der Waals surface area contributed by atoms with Gasteiger partial charge in [0.25, 0.3) is 0 Å². The van der Waals surface area contributed by atoms with Crippen molar-refractivity contribution in [3.05, 3.63) is 35.9 Å². The molecule has 172 valence electrons. The molecule has 6 N–H and O–H groups in total. The second-order valence-corrected chi connectivity index (χ2v) is 8.47. The Balaban J connectivity index is 2.77. The van der Waals surface area contributed by atoms with Crippen LogP contribution < -0.4 is 21.7 Å². The number of nitrogens with one attached hydrogen (secondary N) is 3. The van der Waals surface area contributed by atoms with Crippen LogP contribution in [0.1, 0.15) is 25.8 Å². The van der Waals surface area contributed by atoms with Crippen LogP contribution in [-0.4, -0.2) is 65.5 Å². The Labute approximate surface area is 186 Å². The molecule has 0 heterocycles. The van der Waals surface area contributed by atoms with Crippen LogP contribution in [0.2, 0.25) is 0 Å². The average molecular weight is 453 g/mol. The van der Waals surface area contributed by atoms with Gasteiger partial charge in [0, 0.05) is 6.42 Å². The Morgan fingerprint density at radius 3 is 2.26 bits per heavy atom. The number of hydrogen-bond acceptors (Lipinski definition) is 6. The van der Waals surface area contributed by atoms with Crippen LogP contribution in [0, 0.1) is 5.92 Å². The van der Waals surface area contributed by atoms with Gasteiger partial charge in [0.05, 0.1) is 12.6 Å². The van der Waals surface area contributed by atoms with Crippen molar-refractivity contribution in [3.63, 3.8) is 0 Å². The van der Waals surface area contributed by atoms with E-state index in [0.717, 1.165) is 5.56 Å². The van der Waals surface area contributed by atoms with Gasteiger partial charge < -0.3 is 26.8 Å². The molecule has 3 atom stereocenters. The lowest BCUT2D eigenvalue weighted by Gasteiger charge is -2.21. The zero-order valence-electron chi connectivity index (χ0n) is 18.1. The highest BCUT2D eigenvalue weighted by Crippen LogP contribution is 2.05. The number of benzene rings is 1. The molecule has 0 radical (unpaired) electrons. The predicted octanol–water partition coefficient (Wildman–Crippen LogP) is 0.136. The van der Waals surface area contributed by atoms with E-state index in [1.54, 1.807) is 25.6 Å². The first kappa shape index (κ1) is 26.4. The second-order valence-electron chi connectivity index (χ2n) is 7.48. The van der Waals surface area contributed by atoms with Crippen molar-refractivity contribution in [1.82, 2.24) is 16.0 Å². The summed E-state index contributed by atoms with van der Waals surface area (Å²) in [6, 6.07) is 6.41. The molecular weight excluding hydrogens is 420 g/mol. The smallest absolute Gasteiger partial charge is 0.326 e. The summed E-state index contributed by atoms with van der Waals surface area (Å²) in [5.41, 5.74) is 6.73. The van der Waals surface area contributed by atoms with Gasteiger partial charge in [-0.1, -0.05) is 44.2 Å². The molecule has 0 aliphatic heterocycles. The molecule has 0 saturated carbocycles. The zero-order valence-corrected chi connectivity index (χ0v) is 18.9. The van der Waals surface area contributed by atoms with Gasteiger partial charge in [-0.2, -0.15) is 11.8 Å². The van der Waals surface area contributed by atoms with Gasteiger partial charge in [-0.25, -0.2) is 4.79 Å². The number of amides is 3. The van der Waals surface area contributed by atoms with Crippen LogP contribution in [-0.2, 0) is 25.6 Å². The first-order valence-corrected chi connectivity index (χ1v) is 11.4. The van der Waals surface area contributed by atoms with Crippen LogP contribution >= 0.6 is 11.8 Å². The third-order valence-corrected chi connectivity index (χ3v) is 5.20. The Morgan fingerprint density at radius 2 is 1.71 bits per heavy atom. The highest BCUT2D eigenvalue weighted by molar-refractivity contribution is 7.98. The Morgan fingerprint density at radius 1 is 1.06 bits per heavy atom. The molecule has 3 amide bonds. The average Bonchev–Trinajstić information content (AvgIpc) is 2.73. The lowest BCUT2D eigenvalue weighted by Crippen LogP contribution is -2.54. The van der Waals surface area contributed by atoms with Gasteiger partial charge in [0.15, 0.2) is 0 Å². The summed E-state index contributed by atoms with van der Waals surface area (Å²) in [5.74, 6) is -2.38. The molecule has 0 aliphatic rings. The molecule has 0 bridgehead atoms. The predicted molar refractivity (Wildman–Crippen MR) is 120 cm³/mol. The van der Waals surface area contributed by atoms with E-state index < -0.39 is 48.4 Å². The monoisotopic (exact) mass is 452 g/mol. The lowest BCUT2D eigenvalue weighted by atomic mass is 10.0. The maximum atomic E-state index is 12.7. The number of thioether (sulfide) groups is 1. The summed E-state index contributed by atoms with van der Waals surface area (Å²) >= 11 is 1.57. The summed E-state index contributed by atoms with van der Waals surface area (Å²) in [6.07, 6.45) is 2.61. The topological polar surface area (TPSA) is 151 Å². The van der Waals surface area contributed by atoms with Crippen molar-refractivity contribution < 1.29 is 24.3 Å². The first-order chi connectivity index (χ1) is 14.6. The molecule has 1 aromatic rings. The van der Waals surface area contributed by atoms with E-state index in [0.29, 0.717) is 12.2 Å². The molecule has 3 unspecified atom stereocenters. The molecule has 0 aromatic heterocycles. The lowest BCUT2D eigenvalue weighted by molar-refractivity contribution is -0.143. The fourth-order valence-corrected chi connectivity index (χ4v) is 3.23. The van der Waals surface area contributed by atoms with E-state index in [1.165, 1.54) is 0 Å². The number of aliphatic carboxylic acids is 1. The van der Waals surface area contributed by atoms with Crippen molar-refractivity contribution in [1.29, 1.82) is 0 Å². The maximum absolute atomic E-state index is 12.7. The van der Waals surface area contributed by atoms with Gasteiger partial charge in [-0.15, -0.1) is 0 Å². The normalized spacial score (nSPS) is 13.7. The molecule has 0 aliphatic carbocycles. The van der Waals surface area contributed by atoms with Crippen LogP contribution in [0.25, 0.3) is 0 Å². The van der Waals surface area contributed by atoms with Crippen molar-refractivity contribution in [2.75, 3.05) is 18.6 Å². The zero-order chi connectivity index (χ0) is 23.4. The summed E-state index contributed by atoms with van der Waals surface area (Å²) in [7, 11) is 0. The van der Waals surface area contributed by atoms with E-state index in [1.807, 2.05) is 36.6 Å². The fraction of sp³-hybridized carbons (Fsp3) is 0.524. The summed E-state index contributed by atoms with van der Waals surface area (Å²) < 4.78 is 0. The molecule has 0 fully saturated rings. The van der Waals surface area contributed by atoms with Crippen LogP contribution in [0.3, 0.4) is 0 Å². The van der Waals surface area contributed by atoms with Gasteiger partial charge in [-0.05, 0) is 29.9 Å². The highest BCUT2D eigenvalue weighted by atomic mass is 32.2. The van der Waals surface area contributed by atoms with Crippen molar-refractivity contribution in [2.45, 2.75) is 44.8 Å². The number of carboxylic acids is 1. The minimum absolute atomic E-state index is 0.221. The van der Waals surface area contributed by atoms with Gasteiger partial charge in [0.2, 0.25) is 17.7 Å². The molecule has 31 heavy (non-hydrogen) atoms. The molecule has 10 heteroatoms. The molecule has 0 spiro atoms. The number of carbonyl (C=O) groups excluding carboxylic acids is 3. The Kier molecular flexibility index (Phi) is 11.7. The third kappa shape index (κ3) is 9.84. The second kappa shape index (κ2) is 13.7. The number of carboxylic acid groups (broad SMARTS) is 1. The van der Waals surface area contributed by atoms with Crippen LogP contribution in [0.4, 0.5) is 0 Å². The maximum Gasteiger partial charge on any atom is 0.326 e. The molecule has 0 saturated heterocycles. The van der Waals surface area contributed by atoms with Gasteiger partial charge >= 0.3 is 5.97 Å². The number of hydrogen-bond donors (Lipinski definition) is 5. The van der Waals surface area contributed by atoms with Gasteiger partial charge in [0.1, 0.15) is 12.1 Å². The fourth-order valence-electron chi connectivity index (χ4n) is 2.74. The summed E-state index contributed by atoms with van der Waals surface area (Å²) in [5, 5.41) is 16.7. The summed E-state index contributed by atoms with van der Waals surface area (Å²) in [4.78, 5) is 48.4. The molecule has 1 aromatic carbocycles.